The molecule has 2 aliphatic heterocycles. The number of pyridine rings is 1. The van der Waals surface area contributed by atoms with Crippen LogP contribution in [-0.2, 0) is 27.8 Å². The molecule has 1 aromatic heterocycles. The zero-order valence-electron chi connectivity index (χ0n) is 26.5. The van der Waals surface area contributed by atoms with Crippen molar-refractivity contribution in [3.63, 3.8) is 0 Å². The topological polar surface area (TPSA) is 89.0 Å². The van der Waals surface area contributed by atoms with E-state index in [1.165, 1.54) is 5.56 Å². The highest BCUT2D eigenvalue weighted by atomic mass is 32.2. The summed E-state index contributed by atoms with van der Waals surface area (Å²) in [6.45, 7) is 7.18. The van der Waals surface area contributed by atoms with Crippen LogP contribution in [0, 0.1) is 0 Å². The van der Waals surface area contributed by atoms with Crippen LogP contribution in [-0.4, -0.2) is 56.2 Å². The summed E-state index contributed by atoms with van der Waals surface area (Å²) in [5, 5.41) is 0. The third kappa shape index (κ3) is 7.36. The van der Waals surface area contributed by atoms with Crippen LogP contribution in [0.4, 0.5) is 10.5 Å². The van der Waals surface area contributed by atoms with Gasteiger partial charge in [-0.25, -0.2) is 13.2 Å². The number of aryl methyl sites for hydroxylation is 1. The number of anilines is 1. The molecule has 3 heterocycles. The van der Waals surface area contributed by atoms with Gasteiger partial charge < -0.3 is 19.3 Å². The molecule has 1 fully saturated rings. The van der Waals surface area contributed by atoms with E-state index in [-0.39, 0.29) is 23.2 Å². The Morgan fingerprint density at radius 1 is 0.891 bits per heavy atom. The number of likely N-dealkylation sites (tertiary alicyclic amines) is 1. The fraction of sp³-hybridized carbons (Fsp3) is 0.351. The number of benzene rings is 3. The molecule has 0 atom stereocenters. The van der Waals surface area contributed by atoms with E-state index in [1.807, 2.05) is 54.6 Å². The molecule has 1 amide bonds. The highest BCUT2D eigenvalue weighted by molar-refractivity contribution is 7.89. The van der Waals surface area contributed by atoms with Crippen molar-refractivity contribution in [3.8, 4) is 22.6 Å². The van der Waals surface area contributed by atoms with E-state index < -0.39 is 9.84 Å². The maximum atomic E-state index is 13.0. The third-order valence-corrected chi connectivity index (χ3v) is 10.6. The summed E-state index contributed by atoms with van der Waals surface area (Å²) in [5.74, 6) is 1.36. The van der Waals surface area contributed by atoms with Crippen molar-refractivity contribution < 1.29 is 22.7 Å². The molecule has 0 aliphatic carbocycles. The van der Waals surface area contributed by atoms with E-state index in [1.54, 1.807) is 29.3 Å². The van der Waals surface area contributed by atoms with E-state index in [0.29, 0.717) is 24.5 Å². The molecule has 240 valence electrons. The number of hydrogen-bond acceptors (Lipinski definition) is 7. The van der Waals surface area contributed by atoms with E-state index in [2.05, 4.69) is 35.9 Å². The average Bonchev–Trinajstić information content (AvgIpc) is 3.06. The highest BCUT2D eigenvalue weighted by Gasteiger charge is 2.41. The number of piperidine rings is 1. The first-order valence-corrected chi connectivity index (χ1v) is 17.9. The summed E-state index contributed by atoms with van der Waals surface area (Å²) in [6.07, 6.45) is 4.60. The Hall–Kier alpha value is -4.37. The van der Waals surface area contributed by atoms with E-state index >= 15 is 0 Å². The molecule has 8 nitrogen and oxygen atoms in total. The second-order valence-corrected chi connectivity index (χ2v) is 14.2. The predicted octanol–water partition coefficient (Wildman–Crippen LogP) is 7.07. The summed E-state index contributed by atoms with van der Waals surface area (Å²) < 4.78 is 37.8. The van der Waals surface area contributed by atoms with E-state index in [4.69, 9.17) is 9.47 Å². The van der Waals surface area contributed by atoms with Crippen LogP contribution < -0.4 is 14.4 Å². The van der Waals surface area contributed by atoms with E-state index in [0.717, 1.165) is 66.9 Å². The predicted molar refractivity (Wildman–Crippen MR) is 181 cm³/mol. The number of hydrogen-bond donors (Lipinski definition) is 0. The Kier molecular flexibility index (Phi) is 9.31. The van der Waals surface area contributed by atoms with Gasteiger partial charge in [-0.1, -0.05) is 42.5 Å². The van der Waals surface area contributed by atoms with Crippen LogP contribution in [0.15, 0.2) is 91.1 Å². The molecule has 0 bridgehead atoms. The first kappa shape index (κ1) is 31.6. The summed E-state index contributed by atoms with van der Waals surface area (Å²) in [4.78, 5) is 21.2. The average molecular weight is 640 g/mol. The standard InChI is InChI=1S/C37H41N3O5S/c1-3-39(4-2)33-9-7-10-34(25-33)44-36(41)40-22-19-37(20-23-40)18-17-31-24-30(15-16-35(31)45-37)29-13-11-28(12-14-29)26-46(42,43)27-32-8-5-6-21-38-32/h5-16,21,24-25H,3-4,17-20,22-23,26-27H2,1-2H3. The zero-order chi connectivity index (χ0) is 32.1. The van der Waals surface area contributed by atoms with Gasteiger partial charge in [-0.3, -0.25) is 4.98 Å². The molecule has 3 aromatic carbocycles. The van der Waals surface area contributed by atoms with Gasteiger partial charge in [-0.05, 0) is 85.3 Å². The first-order valence-electron chi connectivity index (χ1n) is 16.1. The maximum absolute atomic E-state index is 13.0. The van der Waals surface area contributed by atoms with E-state index in [9.17, 15) is 13.2 Å². The lowest BCUT2D eigenvalue weighted by Gasteiger charge is -2.44. The van der Waals surface area contributed by atoms with Gasteiger partial charge in [0.1, 0.15) is 17.1 Å². The number of aromatic nitrogens is 1. The molecule has 46 heavy (non-hydrogen) atoms. The fourth-order valence-corrected chi connectivity index (χ4v) is 7.88. The SMILES string of the molecule is CCN(CC)c1cccc(OC(=O)N2CCC3(CCc4cc(-c5ccc(CS(=O)(=O)Cc6ccccn6)cc5)ccc4O3)CC2)c1. The number of carbonyl (C=O) groups excluding carboxylic acids is 1. The molecule has 0 radical (unpaired) electrons. The van der Waals surface area contributed by atoms with Crippen LogP contribution in [0.1, 0.15) is 49.9 Å². The van der Waals surface area contributed by atoms with Gasteiger partial charge in [0.05, 0.1) is 17.2 Å². The Morgan fingerprint density at radius 3 is 2.37 bits per heavy atom. The van der Waals surface area contributed by atoms with Gasteiger partial charge >= 0.3 is 6.09 Å². The molecule has 9 heteroatoms. The van der Waals surface area contributed by atoms with Crippen molar-refractivity contribution in [2.45, 2.75) is 56.6 Å². The quantitative estimate of drug-likeness (QED) is 0.194. The van der Waals surface area contributed by atoms with Gasteiger partial charge in [0, 0.05) is 57.0 Å². The summed E-state index contributed by atoms with van der Waals surface area (Å²) in [7, 11) is -3.33. The number of rotatable bonds is 9. The van der Waals surface area contributed by atoms with Gasteiger partial charge in [-0.15, -0.1) is 0 Å². The van der Waals surface area contributed by atoms with Crippen molar-refractivity contribution in [3.05, 3.63) is 108 Å². The van der Waals surface area contributed by atoms with Gasteiger partial charge in [-0.2, -0.15) is 0 Å². The molecular formula is C37H41N3O5S. The Morgan fingerprint density at radius 2 is 1.65 bits per heavy atom. The molecule has 1 spiro atoms. The normalized spacial score (nSPS) is 15.6. The Bertz CT molecular complexity index is 1760. The molecule has 0 N–H and O–H groups in total. The van der Waals surface area contributed by atoms with Gasteiger partial charge in [0.2, 0.25) is 0 Å². The van der Waals surface area contributed by atoms with Gasteiger partial charge in [0.15, 0.2) is 9.84 Å². The fourth-order valence-electron chi connectivity index (χ4n) is 6.45. The number of fused-ring (bicyclic) bond motifs is 1. The highest BCUT2D eigenvalue weighted by Crippen LogP contribution is 2.41. The summed E-state index contributed by atoms with van der Waals surface area (Å²) in [5.41, 5.74) is 5.35. The number of ether oxygens (including phenoxy) is 2. The molecule has 0 unspecified atom stereocenters. The molecule has 4 aromatic rings. The van der Waals surface area contributed by atoms with Crippen LogP contribution in [0.5, 0.6) is 11.5 Å². The maximum Gasteiger partial charge on any atom is 0.415 e. The second kappa shape index (κ2) is 13.5. The molecule has 6 rings (SSSR count). The third-order valence-electron chi connectivity index (χ3n) is 9.09. The molecule has 0 saturated carbocycles. The molecule has 2 aliphatic rings. The summed E-state index contributed by atoms with van der Waals surface area (Å²) >= 11 is 0. The summed E-state index contributed by atoms with van der Waals surface area (Å²) in [6, 6.07) is 27.0. The number of amides is 1. The van der Waals surface area contributed by atoms with Crippen molar-refractivity contribution in [1.82, 2.24) is 9.88 Å². The number of carbonyl (C=O) groups is 1. The van der Waals surface area contributed by atoms with Crippen LogP contribution in [0.25, 0.3) is 11.1 Å². The van der Waals surface area contributed by atoms with Crippen LogP contribution in [0.3, 0.4) is 0 Å². The minimum atomic E-state index is -3.33. The smallest absolute Gasteiger partial charge is 0.415 e. The number of sulfone groups is 1. The van der Waals surface area contributed by atoms with Crippen LogP contribution >= 0.6 is 0 Å². The molecule has 1 saturated heterocycles. The van der Waals surface area contributed by atoms with Crippen molar-refractivity contribution >= 4 is 21.6 Å². The largest absolute Gasteiger partial charge is 0.487 e. The van der Waals surface area contributed by atoms with Gasteiger partial charge in [0.25, 0.3) is 0 Å². The Balaban J connectivity index is 1.04. The lowest BCUT2D eigenvalue weighted by Crippen LogP contribution is -2.51. The Labute approximate surface area is 271 Å². The first-order chi connectivity index (χ1) is 22.2. The van der Waals surface area contributed by atoms with Crippen molar-refractivity contribution in [1.29, 1.82) is 0 Å². The second-order valence-electron chi connectivity index (χ2n) is 12.2. The lowest BCUT2D eigenvalue weighted by molar-refractivity contribution is -0.00948. The van der Waals surface area contributed by atoms with Crippen LogP contribution in [0.2, 0.25) is 0 Å². The number of nitrogens with zero attached hydrogens (tertiary/aromatic N) is 3. The van der Waals surface area contributed by atoms with Crippen molar-refractivity contribution in [2.75, 3.05) is 31.1 Å². The minimum absolute atomic E-state index is 0.0248. The zero-order valence-corrected chi connectivity index (χ0v) is 27.3. The monoisotopic (exact) mass is 639 g/mol. The molecular weight excluding hydrogens is 598 g/mol. The minimum Gasteiger partial charge on any atom is -0.487 e. The lowest BCUT2D eigenvalue weighted by atomic mass is 9.82. The van der Waals surface area contributed by atoms with Crippen molar-refractivity contribution in [2.24, 2.45) is 0 Å².